The molecule has 0 spiro atoms. The third-order valence-electron chi connectivity index (χ3n) is 7.72. The smallest absolute Gasteiger partial charge is 0.462 e. The fourth-order valence-electron chi connectivity index (χ4n) is 4.87. The SMILES string of the molecule is CCCCC/C=C\C[C@H](O)/C=C/C=C/C=C\[C@H](O)CCCC(=O)O[C@H](COC(=O)CCCCCCCCCCCC(C)C)COP(=O)(O)O. The molecule has 0 amide bonds. The summed E-state index contributed by atoms with van der Waals surface area (Å²) in [4.78, 5) is 42.7. The standard InChI is InChI=1S/C38H67O10P/c1-4-5-6-7-14-19-25-34(39)26-20-16-17-21-27-35(40)28-23-30-38(42)48-36(32-47-49(43,44)45)31-46-37(41)29-22-15-12-10-8-9-11-13-18-24-33(2)3/h14,16-17,19-21,26-27,33-36,39-40H,4-13,15,18,22-25,28-32H2,1-3H3,(H2,43,44,45)/b17-16+,19-14-,26-20+,27-21-/t34-,35-,36+/m0/s1. The molecule has 10 nitrogen and oxygen atoms in total. The minimum absolute atomic E-state index is 0.0489. The Bertz CT molecular complexity index is 985. The molecule has 4 N–H and O–H groups in total. The molecule has 0 radical (unpaired) electrons. The van der Waals surface area contributed by atoms with Crippen LogP contribution in [0.15, 0.2) is 48.6 Å². The number of ether oxygens (including phenoxy) is 2. The lowest BCUT2D eigenvalue weighted by Gasteiger charge is -2.18. The van der Waals surface area contributed by atoms with E-state index < -0.39 is 44.7 Å². The Balaban J connectivity index is 4.29. The van der Waals surface area contributed by atoms with Crippen LogP contribution in [-0.4, -0.2) is 63.5 Å². The maximum atomic E-state index is 12.4. The van der Waals surface area contributed by atoms with Crippen molar-refractivity contribution in [2.45, 2.75) is 161 Å². The molecule has 0 bridgehead atoms. The van der Waals surface area contributed by atoms with Gasteiger partial charge in [0.15, 0.2) is 6.10 Å². The van der Waals surface area contributed by atoms with E-state index in [2.05, 4.69) is 31.4 Å². The zero-order chi connectivity index (χ0) is 36.6. The van der Waals surface area contributed by atoms with Gasteiger partial charge in [-0.15, -0.1) is 0 Å². The van der Waals surface area contributed by atoms with Gasteiger partial charge in [0.1, 0.15) is 6.61 Å². The molecule has 0 aromatic heterocycles. The van der Waals surface area contributed by atoms with Gasteiger partial charge in [-0.3, -0.25) is 14.1 Å². The van der Waals surface area contributed by atoms with Crippen LogP contribution in [0.2, 0.25) is 0 Å². The molecule has 284 valence electrons. The van der Waals surface area contributed by atoms with Gasteiger partial charge in [-0.2, -0.15) is 0 Å². The first-order valence-corrected chi connectivity index (χ1v) is 20.0. The van der Waals surface area contributed by atoms with Gasteiger partial charge in [0.2, 0.25) is 0 Å². The quantitative estimate of drug-likeness (QED) is 0.0175. The second kappa shape index (κ2) is 31.9. The van der Waals surface area contributed by atoms with Gasteiger partial charge in [0.25, 0.3) is 0 Å². The summed E-state index contributed by atoms with van der Waals surface area (Å²) < 4.78 is 26.1. The summed E-state index contributed by atoms with van der Waals surface area (Å²) in [6.45, 7) is 5.68. The topological polar surface area (TPSA) is 160 Å². The Hall–Kier alpha value is -2.07. The summed E-state index contributed by atoms with van der Waals surface area (Å²) in [5.41, 5.74) is 0. The number of carbonyl (C=O) groups excluding carboxylic acids is 2. The number of phosphoric ester groups is 1. The monoisotopic (exact) mass is 714 g/mol. The molecule has 0 aliphatic heterocycles. The van der Waals surface area contributed by atoms with E-state index in [0.29, 0.717) is 19.3 Å². The molecule has 0 saturated heterocycles. The number of phosphoric acid groups is 1. The molecule has 3 atom stereocenters. The third-order valence-corrected chi connectivity index (χ3v) is 8.20. The number of allylic oxidation sites excluding steroid dienone is 5. The van der Waals surface area contributed by atoms with Crippen LogP contribution in [0.1, 0.15) is 143 Å². The molecule has 0 aliphatic rings. The van der Waals surface area contributed by atoms with Crippen LogP contribution in [0.4, 0.5) is 0 Å². The van der Waals surface area contributed by atoms with E-state index in [1.54, 1.807) is 36.5 Å². The van der Waals surface area contributed by atoms with Crippen LogP contribution in [0.25, 0.3) is 0 Å². The molecule has 0 aliphatic carbocycles. The third kappa shape index (κ3) is 35.6. The maximum absolute atomic E-state index is 12.4. The molecule has 0 heterocycles. The Morgan fingerprint density at radius 1 is 0.673 bits per heavy atom. The van der Waals surface area contributed by atoms with E-state index in [4.69, 9.17) is 19.3 Å². The normalized spacial score (nSPS) is 14.4. The van der Waals surface area contributed by atoms with E-state index in [1.165, 1.54) is 57.8 Å². The highest BCUT2D eigenvalue weighted by atomic mass is 31.2. The van der Waals surface area contributed by atoms with Gasteiger partial charge in [-0.05, 0) is 44.4 Å². The van der Waals surface area contributed by atoms with Crippen LogP contribution in [-0.2, 0) is 28.2 Å². The predicted octanol–water partition coefficient (Wildman–Crippen LogP) is 8.59. The van der Waals surface area contributed by atoms with Crippen LogP contribution < -0.4 is 0 Å². The number of hydrogen-bond acceptors (Lipinski definition) is 8. The summed E-state index contributed by atoms with van der Waals surface area (Å²) in [5.74, 6) is -0.359. The summed E-state index contributed by atoms with van der Waals surface area (Å²) >= 11 is 0. The highest BCUT2D eigenvalue weighted by molar-refractivity contribution is 7.46. The highest BCUT2D eigenvalue weighted by Gasteiger charge is 2.23. The van der Waals surface area contributed by atoms with Crippen LogP contribution >= 0.6 is 7.82 Å². The van der Waals surface area contributed by atoms with Crippen LogP contribution in [0.5, 0.6) is 0 Å². The van der Waals surface area contributed by atoms with Crippen molar-refractivity contribution in [1.82, 2.24) is 0 Å². The van der Waals surface area contributed by atoms with E-state index in [9.17, 15) is 24.4 Å². The molecule has 0 fully saturated rings. The van der Waals surface area contributed by atoms with Crippen molar-refractivity contribution in [3.63, 3.8) is 0 Å². The van der Waals surface area contributed by atoms with Gasteiger partial charge < -0.3 is 29.5 Å². The number of hydrogen-bond donors (Lipinski definition) is 4. The maximum Gasteiger partial charge on any atom is 0.469 e. The Morgan fingerprint density at radius 2 is 1.27 bits per heavy atom. The molecule has 0 aromatic rings. The minimum atomic E-state index is -4.82. The molecular weight excluding hydrogens is 647 g/mol. The zero-order valence-electron chi connectivity index (χ0n) is 30.5. The van der Waals surface area contributed by atoms with E-state index in [1.807, 2.05) is 6.08 Å². The van der Waals surface area contributed by atoms with Crippen molar-refractivity contribution >= 4 is 19.8 Å². The number of carbonyl (C=O) groups is 2. The number of rotatable bonds is 32. The average Bonchev–Trinajstić information content (AvgIpc) is 3.03. The van der Waals surface area contributed by atoms with Gasteiger partial charge in [0, 0.05) is 12.8 Å². The summed E-state index contributed by atoms with van der Waals surface area (Å²) in [5, 5.41) is 20.1. The predicted molar refractivity (Wildman–Crippen MR) is 196 cm³/mol. The lowest BCUT2D eigenvalue weighted by atomic mass is 10.0. The lowest BCUT2D eigenvalue weighted by Crippen LogP contribution is -2.29. The lowest BCUT2D eigenvalue weighted by molar-refractivity contribution is -0.161. The fraction of sp³-hybridized carbons (Fsp3) is 0.737. The molecule has 0 saturated carbocycles. The fourth-order valence-corrected chi connectivity index (χ4v) is 5.23. The molecule has 49 heavy (non-hydrogen) atoms. The molecule has 0 aromatic carbocycles. The first kappa shape index (κ1) is 46.9. The summed E-state index contributed by atoms with van der Waals surface area (Å²) in [6.07, 6.45) is 29.1. The van der Waals surface area contributed by atoms with Gasteiger partial charge in [-0.25, -0.2) is 4.57 Å². The first-order valence-electron chi connectivity index (χ1n) is 18.5. The van der Waals surface area contributed by atoms with Gasteiger partial charge in [-0.1, -0.05) is 140 Å². The van der Waals surface area contributed by atoms with E-state index in [0.717, 1.165) is 31.6 Å². The average molecular weight is 715 g/mol. The number of aliphatic hydroxyl groups excluding tert-OH is 2. The van der Waals surface area contributed by atoms with Gasteiger partial charge >= 0.3 is 19.8 Å². The first-order chi connectivity index (χ1) is 23.4. The number of unbranched alkanes of at least 4 members (excludes halogenated alkanes) is 11. The second-order valence-electron chi connectivity index (χ2n) is 13.1. The summed E-state index contributed by atoms with van der Waals surface area (Å²) in [7, 11) is -4.82. The van der Waals surface area contributed by atoms with E-state index >= 15 is 0 Å². The van der Waals surface area contributed by atoms with Gasteiger partial charge in [0.05, 0.1) is 18.8 Å². The second-order valence-corrected chi connectivity index (χ2v) is 14.3. The molecule has 11 heteroatoms. The minimum Gasteiger partial charge on any atom is -0.462 e. The largest absolute Gasteiger partial charge is 0.469 e. The molecule has 0 rings (SSSR count). The van der Waals surface area contributed by atoms with Crippen molar-refractivity contribution in [3.8, 4) is 0 Å². The van der Waals surface area contributed by atoms with Crippen LogP contribution in [0, 0.1) is 5.92 Å². The Kier molecular flexibility index (Phi) is 30.5. The van der Waals surface area contributed by atoms with Crippen molar-refractivity contribution in [3.05, 3.63) is 48.6 Å². The van der Waals surface area contributed by atoms with Crippen molar-refractivity contribution in [1.29, 1.82) is 0 Å². The van der Waals surface area contributed by atoms with Crippen LogP contribution in [0.3, 0.4) is 0 Å². The number of esters is 2. The Morgan fingerprint density at radius 3 is 1.88 bits per heavy atom. The van der Waals surface area contributed by atoms with Crippen molar-refractivity contribution in [2.24, 2.45) is 5.92 Å². The molecule has 0 unspecified atom stereocenters. The van der Waals surface area contributed by atoms with Crippen molar-refractivity contribution < 1.29 is 48.2 Å². The zero-order valence-corrected chi connectivity index (χ0v) is 31.4. The van der Waals surface area contributed by atoms with E-state index in [-0.39, 0.29) is 25.9 Å². The summed E-state index contributed by atoms with van der Waals surface area (Å²) in [6, 6.07) is 0. The Labute approximate surface area is 296 Å². The highest BCUT2D eigenvalue weighted by Crippen LogP contribution is 2.36. The van der Waals surface area contributed by atoms with Crippen molar-refractivity contribution in [2.75, 3.05) is 13.2 Å². The number of aliphatic hydroxyl groups is 2. The molecular formula is C38H67O10P.